The molecule has 0 aliphatic heterocycles. The quantitative estimate of drug-likeness (QED) is 0.161. The van der Waals surface area contributed by atoms with Gasteiger partial charge in [-0.1, -0.05) is 29.8 Å². The molecule has 3 aromatic rings. The second-order valence-electron chi connectivity index (χ2n) is 6.77. The van der Waals surface area contributed by atoms with E-state index in [4.69, 9.17) is 21.1 Å². The smallest absolute Gasteiger partial charge is 0.266 e. The van der Waals surface area contributed by atoms with Crippen molar-refractivity contribution in [3.63, 3.8) is 0 Å². The first-order chi connectivity index (χ1) is 15.9. The number of nitrogens with one attached hydrogen (secondary N) is 1. The van der Waals surface area contributed by atoms with Gasteiger partial charge in [0, 0.05) is 19.8 Å². The van der Waals surface area contributed by atoms with E-state index in [0.717, 1.165) is 9.13 Å². The number of carbonyl (C=O) groups excluding carboxylic acids is 1. The van der Waals surface area contributed by atoms with E-state index in [9.17, 15) is 10.1 Å². The van der Waals surface area contributed by atoms with E-state index in [1.807, 2.05) is 43.3 Å². The van der Waals surface area contributed by atoms with Crippen LogP contribution in [0.2, 0.25) is 5.02 Å². The highest BCUT2D eigenvalue weighted by Gasteiger charge is 2.15. The van der Waals surface area contributed by atoms with Crippen LogP contribution in [0.1, 0.15) is 18.1 Å². The summed E-state index contributed by atoms with van der Waals surface area (Å²) in [4.78, 5) is 12.6. The van der Waals surface area contributed by atoms with E-state index < -0.39 is 5.91 Å². The van der Waals surface area contributed by atoms with Crippen molar-refractivity contribution in [3.05, 3.63) is 90.4 Å². The van der Waals surface area contributed by atoms with Crippen LogP contribution in [0.4, 0.5) is 5.69 Å². The fourth-order valence-electron chi connectivity index (χ4n) is 2.89. The van der Waals surface area contributed by atoms with Crippen molar-refractivity contribution in [3.8, 4) is 17.6 Å². The Kier molecular flexibility index (Phi) is 9.18. The van der Waals surface area contributed by atoms with Crippen LogP contribution in [0.5, 0.6) is 11.5 Å². The largest absolute Gasteiger partial charge is 0.490 e. The predicted molar refractivity (Wildman–Crippen MR) is 142 cm³/mol. The van der Waals surface area contributed by atoms with Gasteiger partial charge in [-0.05, 0) is 99.5 Å². The summed E-state index contributed by atoms with van der Waals surface area (Å²) in [5, 5.41) is 12.9. The van der Waals surface area contributed by atoms with Crippen molar-refractivity contribution in [2.45, 2.75) is 13.5 Å². The lowest BCUT2D eigenvalue weighted by molar-refractivity contribution is -0.112. The topological polar surface area (TPSA) is 71.3 Å². The second-order valence-corrected chi connectivity index (χ2v) is 9.28. The van der Waals surface area contributed by atoms with Crippen molar-refractivity contribution < 1.29 is 14.3 Å². The summed E-state index contributed by atoms with van der Waals surface area (Å²) in [5.41, 5.74) is 2.04. The minimum absolute atomic E-state index is 0.0346. The van der Waals surface area contributed by atoms with Crippen molar-refractivity contribution in [2.24, 2.45) is 0 Å². The third-order valence-electron chi connectivity index (χ3n) is 4.44. The molecule has 5 nitrogen and oxygen atoms in total. The number of hydrogen-bond donors (Lipinski definition) is 1. The summed E-state index contributed by atoms with van der Waals surface area (Å²) >= 11 is 11.9. The molecular weight excluding hydrogens is 619 g/mol. The lowest BCUT2D eigenvalue weighted by Crippen LogP contribution is -2.13. The summed E-state index contributed by atoms with van der Waals surface area (Å²) in [6.07, 6.45) is 1.51. The first-order valence-corrected chi connectivity index (χ1v) is 12.2. The number of ether oxygens (including phenoxy) is 2. The van der Waals surface area contributed by atoms with Gasteiger partial charge in [0.05, 0.1) is 11.1 Å². The molecule has 0 atom stereocenters. The van der Waals surface area contributed by atoms with Crippen molar-refractivity contribution in [2.75, 3.05) is 11.9 Å². The Balaban J connectivity index is 1.85. The molecular formula is C25H19BrClIN2O3. The molecule has 0 spiro atoms. The maximum Gasteiger partial charge on any atom is 0.266 e. The zero-order valence-corrected chi connectivity index (χ0v) is 22.1. The van der Waals surface area contributed by atoms with E-state index in [-0.39, 0.29) is 12.2 Å². The van der Waals surface area contributed by atoms with Gasteiger partial charge in [0.2, 0.25) is 0 Å². The first kappa shape index (κ1) is 25.1. The molecule has 8 heteroatoms. The van der Waals surface area contributed by atoms with E-state index in [1.54, 1.807) is 30.3 Å². The van der Waals surface area contributed by atoms with Crippen LogP contribution in [0.25, 0.3) is 6.08 Å². The van der Waals surface area contributed by atoms with Gasteiger partial charge in [-0.2, -0.15) is 5.26 Å². The number of carbonyl (C=O) groups is 1. The Hall–Kier alpha value is -2.54. The number of halogens is 3. The summed E-state index contributed by atoms with van der Waals surface area (Å²) in [6, 6.07) is 20.2. The minimum atomic E-state index is -0.494. The summed E-state index contributed by atoms with van der Waals surface area (Å²) < 4.78 is 13.4. The van der Waals surface area contributed by atoms with Crippen molar-refractivity contribution >= 4 is 67.8 Å². The maximum atomic E-state index is 12.6. The molecule has 0 heterocycles. The van der Waals surface area contributed by atoms with Crippen LogP contribution in [0.3, 0.4) is 0 Å². The van der Waals surface area contributed by atoms with Gasteiger partial charge in [0.1, 0.15) is 18.2 Å². The van der Waals surface area contributed by atoms with E-state index in [2.05, 4.69) is 43.8 Å². The zero-order chi connectivity index (χ0) is 23.8. The lowest BCUT2D eigenvalue weighted by atomic mass is 10.1. The van der Waals surface area contributed by atoms with Gasteiger partial charge in [-0.15, -0.1) is 0 Å². The molecule has 33 heavy (non-hydrogen) atoms. The molecule has 1 amide bonds. The zero-order valence-electron chi connectivity index (χ0n) is 17.6. The van der Waals surface area contributed by atoms with Gasteiger partial charge >= 0.3 is 0 Å². The Morgan fingerprint density at radius 3 is 2.58 bits per heavy atom. The molecule has 0 unspecified atom stereocenters. The minimum Gasteiger partial charge on any atom is -0.490 e. The fraction of sp³-hybridized carbons (Fsp3) is 0.120. The van der Waals surface area contributed by atoms with Crippen LogP contribution in [-0.2, 0) is 11.4 Å². The number of rotatable bonds is 8. The van der Waals surface area contributed by atoms with Gasteiger partial charge in [0.25, 0.3) is 5.91 Å². The Morgan fingerprint density at radius 1 is 1.18 bits per heavy atom. The molecule has 0 bridgehead atoms. The Labute approximate surface area is 219 Å². The van der Waals surface area contributed by atoms with Gasteiger partial charge in [-0.3, -0.25) is 4.79 Å². The van der Waals surface area contributed by atoms with E-state index in [1.165, 1.54) is 6.08 Å². The average Bonchev–Trinajstić information content (AvgIpc) is 2.79. The molecule has 168 valence electrons. The Bertz CT molecular complexity index is 1220. The fourth-order valence-corrected chi connectivity index (χ4v) is 4.01. The van der Waals surface area contributed by atoms with Crippen LogP contribution in [0.15, 0.2) is 70.7 Å². The Morgan fingerprint density at radius 2 is 1.91 bits per heavy atom. The van der Waals surface area contributed by atoms with E-state index in [0.29, 0.717) is 38.9 Å². The van der Waals surface area contributed by atoms with Crippen LogP contribution in [-0.4, -0.2) is 12.5 Å². The predicted octanol–water partition coefficient (Wildman–Crippen LogP) is 7.23. The van der Waals surface area contributed by atoms with Crippen LogP contribution >= 0.6 is 50.1 Å². The number of hydrogen-bond acceptors (Lipinski definition) is 4. The van der Waals surface area contributed by atoms with Gasteiger partial charge in [0.15, 0.2) is 11.5 Å². The summed E-state index contributed by atoms with van der Waals surface area (Å²) in [6.45, 7) is 2.54. The highest BCUT2D eigenvalue weighted by Crippen LogP contribution is 2.38. The molecule has 0 radical (unpaired) electrons. The van der Waals surface area contributed by atoms with Gasteiger partial charge in [-0.25, -0.2) is 0 Å². The van der Waals surface area contributed by atoms with Crippen molar-refractivity contribution in [1.82, 2.24) is 0 Å². The molecule has 3 aromatic carbocycles. The van der Waals surface area contributed by atoms with E-state index >= 15 is 0 Å². The second kappa shape index (κ2) is 12.1. The number of benzene rings is 3. The number of nitrogens with zero attached hydrogens (tertiary/aromatic N) is 1. The SMILES string of the molecule is CCOc1cc(/C=C(\C#N)C(=O)Nc2ccc(I)cc2)cc(Br)c1OCc1ccccc1Cl. The third kappa shape index (κ3) is 6.97. The third-order valence-corrected chi connectivity index (χ3v) is 6.12. The molecule has 0 aliphatic carbocycles. The highest BCUT2D eigenvalue weighted by molar-refractivity contribution is 14.1. The molecule has 1 N–H and O–H groups in total. The highest BCUT2D eigenvalue weighted by atomic mass is 127. The molecule has 0 fully saturated rings. The average molecular weight is 638 g/mol. The molecule has 3 rings (SSSR count). The standard InChI is InChI=1S/C25H19BrClIN2O3/c1-2-32-23-13-16(11-18(14-29)25(31)30-20-9-7-19(28)8-10-20)12-21(26)24(23)33-15-17-5-3-4-6-22(17)27/h3-13H,2,15H2,1H3,(H,30,31)/b18-11+. The molecule has 0 aliphatic rings. The number of nitriles is 1. The molecule has 0 saturated carbocycles. The molecule has 0 saturated heterocycles. The number of amides is 1. The number of anilines is 1. The first-order valence-electron chi connectivity index (χ1n) is 9.92. The lowest BCUT2D eigenvalue weighted by Gasteiger charge is -2.15. The molecule has 0 aromatic heterocycles. The summed E-state index contributed by atoms with van der Waals surface area (Å²) in [5.74, 6) is 0.503. The van der Waals surface area contributed by atoms with Crippen LogP contribution in [0, 0.1) is 14.9 Å². The normalized spacial score (nSPS) is 10.9. The maximum absolute atomic E-state index is 12.6. The summed E-state index contributed by atoms with van der Waals surface area (Å²) in [7, 11) is 0. The van der Waals surface area contributed by atoms with Crippen molar-refractivity contribution in [1.29, 1.82) is 5.26 Å². The van der Waals surface area contributed by atoms with Crippen LogP contribution < -0.4 is 14.8 Å². The van der Waals surface area contributed by atoms with Gasteiger partial charge < -0.3 is 14.8 Å². The monoisotopic (exact) mass is 636 g/mol.